The number of hydrogen-bond acceptors (Lipinski definition) is 3. The van der Waals surface area contributed by atoms with Crippen molar-refractivity contribution < 1.29 is 17.1 Å². The molecule has 3 aliphatic rings. The standard InChI is InChI=1S/C26H21N5.Mn/c1-26(8-10-27-11-9-26)24-15-23-14-21-5-4-19(29-21)12-17-2-3-18(28-17)13-20-6-7-22(30-20)16-25(24)31-23;/h2-8,10-16,28,31H,9H2,1H3;. The second-order valence-electron chi connectivity index (χ2n) is 8.36. The summed E-state index contributed by atoms with van der Waals surface area (Å²) >= 11 is 0. The molecule has 0 saturated carbocycles. The van der Waals surface area contributed by atoms with Gasteiger partial charge in [0.25, 0.3) is 0 Å². The molecule has 1 unspecified atom stereocenters. The van der Waals surface area contributed by atoms with E-state index in [9.17, 15) is 0 Å². The Labute approximate surface area is 196 Å². The molecule has 6 heteroatoms. The number of nitrogens with zero attached hydrogens (tertiary/aromatic N) is 3. The monoisotopic (exact) mass is 458 g/mol. The normalized spacial score (nSPS) is 18.7. The van der Waals surface area contributed by atoms with E-state index < -0.39 is 0 Å². The Morgan fingerprint density at radius 1 is 0.750 bits per heavy atom. The van der Waals surface area contributed by atoms with Crippen LogP contribution in [0.2, 0.25) is 0 Å². The molecule has 6 rings (SSSR count). The van der Waals surface area contributed by atoms with E-state index in [1.165, 1.54) is 5.56 Å². The van der Waals surface area contributed by atoms with Crippen molar-refractivity contribution in [1.29, 1.82) is 0 Å². The molecule has 0 aliphatic carbocycles. The van der Waals surface area contributed by atoms with Gasteiger partial charge >= 0.3 is 0 Å². The summed E-state index contributed by atoms with van der Waals surface area (Å²) in [5.41, 5.74) is 8.93. The van der Waals surface area contributed by atoms with Gasteiger partial charge in [-0.1, -0.05) is 13.0 Å². The van der Waals surface area contributed by atoms with E-state index in [1.807, 2.05) is 30.6 Å². The summed E-state index contributed by atoms with van der Waals surface area (Å²) in [4.78, 5) is 20.8. The van der Waals surface area contributed by atoms with Crippen LogP contribution in [0.3, 0.4) is 0 Å². The summed E-state index contributed by atoms with van der Waals surface area (Å²) in [5, 5.41) is 0. The summed E-state index contributed by atoms with van der Waals surface area (Å²) in [6.07, 6.45) is 15.1. The van der Waals surface area contributed by atoms with Crippen molar-refractivity contribution in [2.75, 3.05) is 0 Å². The molecule has 0 saturated heterocycles. The predicted molar refractivity (Wildman–Crippen MR) is 128 cm³/mol. The van der Waals surface area contributed by atoms with Crippen LogP contribution in [0, 0.1) is 0 Å². The van der Waals surface area contributed by atoms with Gasteiger partial charge < -0.3 is 9.97 Å². The van der Waals surface area contributed by atoms with Gasteiger partial charge in [0.2, 0.25) is 0 Å². The maximum atomic E-state index is 4.80. The van der Waals surface area contributed by atoms with Crippen LogP contribution in [0.15, 0.2) is 59.7 Å². The molecule has 1 radical (unpaired) electrons. The topological polar surface area (TPSA) is 69.7 Å². The fourth-order valence-corrected chi connectivity index (χ4v) is 4.27. The van der Waals surface area contributed by atoms with Gasteiger partial charge in [0.05, 0.1) is 22.8 Å². The molecule has 3 aliphatic heterocycles. The molecular weight excluding hydrogens is 437 g/mol. The first-order valence-corrected chi connectivity index (χ1v) is 10.4. The van der Waals surface area contributed by atoms with Crippen LogP contribution >= 0.6 is 0 Å². The quantitative estimate of drug-likeness (QED) is 0.307. The van der Waals surface area contributed by atoms with Gasteiger partial charge in [0.15, 0.2) is 0 Å². The van der Waals surface area contributed by atoms with E-state index in [0.717, 1.165) is 51.3 Å². The van der Waals surface area contributed by atoms with E-state index in [2.05, 4.69) is 76.5 Å². The third kappa shape index (κ3) is 3.79. The summed E-state index contributed by atoms with van der Waals surface area (Å²) in [6, 6.07) is 14.7. The Bertz CT molecular complexity index is 1480. The minimum atomic E-state index is -0.126. The minimum Gasteiger partial charge on any atom is -0.355 e. The van der Waals surface area contributed by atoms with Gasteiger partial charge in [0, 0.05) is 57.0 Å². The maximum absolute atomic E-state index is 4.80. The number of hydrogen-bond donors (Lipinski definition) is 2. The Balaban J connectivity index is 0.00000216. The van der Waals surface area contributed by atoms with E-state index >= 15 is 0 Å². The molecule has 0 spiro atoms. The second kappa shape index (κ2) is 7.90. The number of aliphatic imine (C=N–C) groups is 1. The number of aromatic nitrogens is 4. The Morgan fingerprint density at radius 2 is 1.34 bits per heavy atom. The number of aromatic amines is 2. The van der Waals surface area contributed by atoms with Crippen molar-refractivity contribution in [3.05, 3.63) is 83.1 Å². The van der Waals surface area contributed by atoms with Crippen molar-refractivity contribution >= 4 is 52.6 Å². The third-order valence-electron chi connectivity index (χ3n) is 5.93. The third-order valence-corrected chi connectivity index (χ3v) is 5.93. The molecule has 0 fully saturated rings. The van der Waals surface area contributed by atoms with Gasteiger partial charge in [-0.25, -0.2) is 9.97 Å². The van der Waals surface area contributed by atoms with Crippen LogP contribution in [0.4, 0.5) is 0 Å². The number of H-pyrrole nitrogens is 2. The van der Waals surface area contributed by atoms with E-state index in [0.29, 0.717) is 0 Å². The zero-order chi connectivity index (χ0) is 20.8. The zero-order valence-electron chi connectivity index (χ0n) is 17.5. The van der Waals surface area contributed by atoms with Gasteiger partial charge in [0.1, 0.15) is 0 Å². The molecule has 5 nitrogen and oxygen atoms in total. The molecule has 0 amide bonds. The van der Waals surface area contributed by atoms with Crippen LogP contribution in [0.25, 0.3) is 46.4 Å². The first-order chi connectivity index (χ1) is 15.1. The summed E-state index contributed by atoms with van der Waals surface area (Å²) in [6.45, 7) is 2.25. The number of nitrogens with one attached hydrogen (secondary N) is 2. The SMILES string of the molecule is CC1(c2cc3cc4nc(cc5ccc(cc6nc(cc2[nH]3)C=C6)[nH]5)C=C4)C=CN=CC1.[Mn]. The molecule has 6 heterocycles. The summed E-state index contributed by atoms with van der Waals surface area (Å²) < 4.78 is 0. The first kappa shape index (κ1) is 20.4. The zero-order valence-corrected chi connectivity index (χ0v) is 18.7. The first-order valence-electron chi connectivity index (χ1n) is 10.4. The maximum Gasteiger partial charge on any atom is 0.0658 e. The Morgan fingerprint density at radius 3 is 1.94 bits per heavy atom. The van der Waals surface area contributed by atoms with Crippen LogP contribution in [-0.4, -0.2) is 26.2 Å². The smallest absolute Gasteiger partial charge is 0.0658 e. The van der Waals surface area contributed by atoms with Crippen molar-refractivity contribution in [1.82, 2.24) is 19.9 Å². The number of allylic oxidation sites excluding steroid dienone is 1. The second-order valence-corrected chi connectivity index (χ2v) is 8.36. The van der Waals surface area contributed by atoms with Crippen molar-refractivity contribution in [2.24, 2.45) is 4.99 Å². The molecular formula is C26H21MnN5. The fraction of sp³-hybridized carbons (Fsp3) is 0.115. The molecule has 2 N–H and O–H groups in total. The number of rotatable bonds is 1. The largest absolute Gasteiger partial charge is 0.355 e. The van der Waals surface area contributed by atoms with E-state index in [4.69, 9.17) is 9.97 Å². The fourth-order valence-electron chi connectivity index (χ4n) is 4.27. The van der Waals surface area contributed by atoms with Crippen LogP contribution < -0.4 is 0 Å². The molecule has 3 aromatic rings. The molecule has 157 valence electrons. The Hall–Kier alpha value is -3.47. The van der Waals surface area contributed by atoms with Crippen LogP contribution in [-0.2, 0) is 22.5 Å². The van der Waals surface area contributed by atoms with Crippen LogP contribution in [0.1, 0.15) is 41.7 Å². The predicted octanol–water partition coefficient (Wildman–Crippen LogP) is 5.90. The molecule has 32 heavy (non-hydrogen) atoms. The van der Waals surface area contributed by atoms with E-state index in [-0.39, 0.29) is 22.5 Å². The molecule has 8 bridgehead atoms. The van der Waals surface area contributed by atoms with Crippen molar-refractivity contribution in [3.63, 3.8) is 0 Å². The molecule has 1 atom stereocenters. The van der Waals surface area contributed by atoms with Crippen molar-refractivity contribution in [2.45, 2.75) is 18.8 Å². The summed E-state index contributed by atoms with van der Waals surface area (Å²) in [7, 11) is 0. The average Bonchev–Trinajstić information content (AvgIpc) is 3.53. The van der Waals surface area contributed by atoms with Gasteiger partial charge in [-0.15, -0.1) is 0 Å². The molecule has 0 aromatic carbocycles. The molecule has 3 aromatic heterocycles. The summed E-state index contributed by atoms with van der Waals surface area (Å²) in [5.74, 6) is 0. The minimum absolute atomic E-state index is 0. The average molecular weight is 458 g/mol. The van der Waals surface area contributed by atoms with Crippen molar-refractivity contribution in [3.8, 4) is 0 Å². The number of fused-ring (bicyclic) bond motifs is 8. The van der Waals surface area contributed by atoms with Gasteiger partial charge in [-0.3, -0.25) is 4.99 Å². The Kier molecular flexibility index (Phi) is 5.04. The van der Waals surface area contributed by atoms with Gasteiger partial charge in [-0.05, 0) is 78.8 Å². The van der Waals surface area contributed by atoms with Crippen LogP contribution in [0.5, 0.6) is 0 Å². The van der Waals surface area contributed by atoms with E-state index in [1.54, 1.807) is 0 Å². The van der Waals surface area contributed by atoms with Gasteiger partial charge in [-0.2, -0.15) is 0 Å².